The molecule has 0 spiro atoms. The van der Waals surface area contributed by atoms with Crippen molar-refractivity contribution < 1.29 is 23.8 Å². The lowest BCUT2D eigenvalue weighted by atomic mass is 9.94. The van der Waals surface area contributed by atoms with Crippen LogP contribution in [0.25, 0.3) is 0 Å². The molecule has 3 heterocycles. The second-order valence-electron chi connectivity index (χ2n) is 7.78. The summed E-state index contributed by atoms with van der Waals surface area (Å²) in [6.45, 7) is 6.54. The second kappa shape index (κ2) is 9.89. The van der Waals surface area contributed by atoms with E-state index in [0.29, 0.717) is 41.3 Å². The Hall–Kier alpha value is -3.29. The van der Waals surface area contributed by atoms with Crippen molar-refractivity contribution in [3.63, 3.8) is 0 Å². The first-order valence-corrected chi connectivity index (χ1v) is 10.8. The zero-order valence-electron chi connectivity index (χ0n) is 18.1. The van der Waals surface area contributed by atoms with E-state index < -0.39 is 12.0 Å². The molecule has 1 atom stereocenters. The fourth-order valence-corrected chi connectivity index (χ4v) is 4.14. The number of esters is 1. The summed E-state index contributed by atoms with van der Waals surface area (Å²) in [4.78, 5) is 29.9. The van der Waals surface area contributed by atoms with E-state index in [9.17, 15) is 9.59 Å². The monoisotopic (exact) mass is 441 g/mol. The molecule has 10 nitrogen and oxygen atoms in total. The van der Waals surface area contributed by atoms with Gasteiger partial charge in [-0.15, -0.1) is 0 Å². The summed E-state index contributed by atoms with van der Waals surface area (Å²) in [5.41, 5.74) is 1.64. The van der Waals surface area contributed by atoms with Crippen LogP contribution in [0.1, 0.15) is 24.9 Å². The molecule has 0 radical (unpaired) electrons. The van der Waals surface area contributed by atoms with Gasteiger partial charge in [0.05, 0.1) is 24.3 Å². The number of rotatable bonds is 7. The van der Waals surface area contributed by atoms with Crippen LogP contribution in [0.4, 0.5) is 4.79 Å². The van der Waals surface area contributed by atoms with Crippen LogP contribution in [0, 0.1) is 11.3 Å². The van der Waals surface area contributed by atoms with Crippen molar-refractivity contribution >= 4 is 12.0 Å². The van der Waals surface area contributed by atoms with Gasteiger partial charge in [-0.3, -0.25) is 9.80 Å². The van der Waals surface area contributed by atoms with Gasteiger partial charge in [-0.05, 0) is 24.6 Å². The molecule has 3 aliphatic rings. The second-order valence-corrected chi connectivity index (χ2v) is 7.78. The van der Waals surface area contributed by atoms with Gasteiger partial charge in [0.1, 0.15) is 0 Å². The van der Waals surface area contributed by atoms with Crippen LogP contribution >= 0.6 is 0 Å². The Balaban J connectivity index is 1.58. The molecule has 0 saturated carbocycles. The van der Waals surface area contributed by atoms with Crippen LogP contribution in [-0.2, 0) is 9.53 Å². The van der Waals surface area contributed by atoms with Crippen molar-refractivity contribution in [2.75, 3.05) is 52.7 Å². The zero-order chi connectivity index (χ0) is 22.5. The molecule has 1 saturated heterocycles. The average Bonchev–Trinajstić information content (AvgIpc) is 3.26. The van der Waals surface area contributed by atoms with Gasteiger partial charge in [0.15, 0.2) is 11.5 Å². The van der Waals surface area contributed by atoms with E-state index in [2.05, 4.69) is 26.5 Å². The number of hydrogen-bond donors (Lipinski definition) is 2. The minimum Gasteiger partial charge on any atom is -0.463 e. The summed E-state index contributed by atoms with van der Waals surface area (Å²) in [7, 11) is 0. The molecule has 1 aromatic carbocycles. The Morgan fingerprint density at radius 2 is 1.97 bits per heavy atom. The highest BCUT2D eigenvalue weighted by Gasteiger charge is 2.35. The molecular weight excluding hydrogens is 414 g/mol. The summed E-state index contributed by atoms with van der Waals surface area (Å²) in [6, 6.07) is 6.51. The van der Waals surface area contributed by atoms with Crippen LogP contribution < -0.4 is 20.1 Å². The molecular formula is C22H27N5O5. The predicted molar refractivity (Wildman–Crippen MR) is 114 cm³/mol. The average molecular weight is 441 g/mol. The number of fused-ring (bicyclic) bond motifs is 1. The number of amides is 2. The Morgan fingerprint density at radius 3 is 2.72 bits per heavy atom. The highest BCUT2D eigenvalue weighted by Crippen LogP contribution is 2.37. The molecule has 2 N–H and O–H groups in total. The number of ether oxygens (including phenoxy) is 3. The number of carbonyl (C=O) groups excluding carboxylic acids is 2. The maximum absolute atomic E-state index is 13.0. The lowest BCUT2D eigenvalue weighted by Gasteiger charge is -2.36. The third kappa shape index (κ3) is 4.79. The normalized spacial score (nSPS) is 21.0. The Bertz CT molecular complexity index is 949. The van der Waals surface area contributed by atoms with Crippen molar-refractivity contribution in [2.24, 2.45) is 0 Å². The number of piperazine rings is 1. The maximum atomic E-state index is 13.0. The van der Waals surface area contributed by atoms with Gasteiger partial charge in [0, 0.05) is 51.4 Å². The number of nitriles is 1. The third-order valence-corrected chi connectivity index (χ3v) is 5.77. The fourth-order valence-electron chi connectivity index (χ4n) is 4.14. The topological polar surface area (TPSA) is 116 Å². The number of carbonyl (C=O) groups is 2. The van der Waals surface area contributed by atoms with Crippen molar-refractivity contribution in [2.45, 2.75) is 19.4 Å². The molecule has 3 aliphatic heterocycles. The number of benzene rings is 1. The van der Waals surface area contributed by atoms with Crippen LogP contribution in [0.2, 0.25) is 0 Å². The summed E-state index contributed by atoms with van der Waals surface area (Å²) in [5.74, 6) is 0.740. The summed E-state index contributed by atoms with van der Waals surface area (Å²) in [6.07, 6.45) is 0.511. The molecule has 1 fully saturated rings. The van der Waals surface area contributed by atoms with E-state index in [-0.39, 0.29) is 19.4 Å². The van der Waals surface area contributed by atoms with Gasteiger partial charge in [-0.1, -0.05) is 6.07 Å². The quantitative estimate of drug-likeness (QED) is 0.605. The van der Waals surface area contributed by atoms with Gasteiger partial charge in [-0.25, -0.2) is 9.59 Å². The smallest absolute Gasteiger partial charge is 0.338 e. The number of hydrogen-bond acceptors (Lipinski definition) is 8. The van der Waals surface area contributed by atoms with Gasteiger partial charge >= 0.3 is 12.0 Å². The zero-order valence-corrected chi connectivity index (χ0v) is 18.1. The first-order chi connectivity index (χ1) is 15.6. The van der Waals surface area contributed by atoms with Crippen molar-refractivity contribution in [1.82, 2.24) is 20.4 Å². The number of nitrogens with one attached hydrogen (secondary N) is 2. The maximum Gasteiger partial charge on any atom is 0.338 e. The molecule has 0 bridgehead atoms. The van der Waals surface area contributed by atoms with E-state index in [4.69, 9.17) is 19.5 Å². The van der Waals surface area contributed by atoms with E-state index >= 15 is 0 Å². The van der Waals surface area contributed by atoms with Crippen molar-refractivity contribution in [1.29, 1.82) is 5.26 Å². The number of urea groups is 1. The van der Waals surface area contributed by atoms with Gasteiger partial charge in [-0.2, -0.15) is 5.26 Å². The lowest BCUT2D eigenvalue weighted by Crippen LogP contribution is -2.51. The molecule has 0 unspecified atom stereocenters. The predicted octanol–water partition coefficient (Wildman–Crippen LogP) is 1.12. The van der Waals surface area contributed by atoms with Gasteiger partial charge in [0.2, 0.25) is 6.79 Å². The summed E-state index contributed by atoms with van der Waals surface area (Å²) < 4.78 is 16.2. The Morgan fingerprint density at radius 1 is 1.22 bits per heavy atom. The molecule has 2 amide bonds. The van der Waals surface area contributed by atoms with Crippen molar-refractivity contribution in [3.05, 3.63) is 35.0 Å². The van der Waals surface area contributed by atoms with E-state index in [1.165, 1.54) is 0 Å². The third-order valence-electron chi connectivity index (χ3n) is 5.77. The summed E-state index contributed by atoms with van der Waals surface area (Å²) in [5, 5.41) is 14.5. The summed E-state index contributed by atoms with van der Waals surface area (Å²) >= 11 is 0. The molecule has 10 heteroatoms. The van der Waals surface area contributed by atoms with Crippen LogP contribution in [0.3, 0.4) is 0 Å². The van der Waals surface area contributed by atoms with Crippen LogP contribution in [0.5, 0.6) is 11.5 Å². The highest BCUT2D eigenvalue weighted by atomic mass is 16.7. The lowest BCUT2D eigenvalue weighted by molar-refractivity contribution is -0.139. The molecule has 0 aliphatic carbocycles. The molecule has 1 aromatic rings. The Kier molecular flexibility index (Phi) is 6.78. The molecule has 4 rings (SSSR count). The Labute approximate surface area is 186 Å². The standard InChI is InChI=1S/C22H27N5O5/c1-2-30-21(28)19-16(13-27-10-8-26(9-11-27)7-3-6-23)24-22(29)25-20(19)15-4-5-17-18(12-15)32-14-31-17/h4-5,12,20H,2-3,7-11,13-14H2,1H3,(H2,24,25,29)/t20-/m0/s1. The number of nitrogens with zero attached hydrogens (tertiary/aromatic N) is 3. The minimum atomic E-state index is -0.663. The SMILES string of the molecule is CCOC(=O)C1=C(CN2CCN(CCC#N)CC2)NC(=O)N[C@H]1c1ccc2c(c1)OCO2. The molecule has 0 aromatic heterocycles. The van der Waals surface area contributed by atoms with Gasteiger partial charge in [0.25, 0.3) is 0 Å². The van der Waals surface area contributed by atoms with Crippen LogP contribution in [-0.4, -0.2) is 74.5 Å². The molecule has 32 heavy (non-hydrogen) atoms. The minimum absolute atomic E-state index is 0.142. The fraction of sp³-hybridized carbons (Fsp3) is 0.500. The van der Waals surface area contributed by atoms with E-state index in [0.717, 1.165) is 32.7 Å². The molecule has 170 valence electrons. The van der Waals surface area contributed by atoms with Crippen molar-refractivity contribution in [3.8, 4) is 17.6 Å². The first kappa shape index (κ1) is 21.9. The van der Waals surface area contributed by atoms with Gasteiger partial charge < -0.3 is 24.8 Å². The highest BCUT2D eigenvalue weighted by molar-refractivity contribution is 5.95. The first-order valence-electron chi connectivity index (χ1n) is 10.8. The van der Waals surface area contributed by atoms with Crippen LogP contribution in [0.15, 0.2) is 29.5 Å². The van der Waals surface area contributed by atoms with E-state index in [1.54, 1.807) is 19.1 Å². The van der Waals surface area contributed by atoms with E-state index in [1.807, 2.05) is 6.07 Å². The largest absolute Gasteiger partial charge is 0.463 e.